The molecule has 1 amide bonds. The molecule has 1 atom stereocenters. The van der Waals surface area contributed by atoms with E-state index in [4.69, 9.17) is 25.8 Å². The molecule has 0 bridgehead atoms. The number of carbonyl (C=O) groups excluding carboxylic acids is 1. The van der Waals surface area contributed by atoms with Crippen LogP contribution in [0.25, 0.3) is 0 Å². The molecule has 0 N–H and O–H groups in total. The first kappa shape index (κ1) is 26.5. The maximum Gasteiger partial charge on any atom is 0.254 e. The van der Waals surface area contributed by atoms with E-state index in [1.54, 1.807) is 58.1 Å². The van der Waals surface area contributed by atoms with Gasteiger partial charge in [0.2, 0.25) is 21.8 Å². The Bertz CT molecular complexity index is 1430. The highest BCUT2D eigenvalue weighted by atomic mass is 35.5. The van der Waals surface area contributed by atoms with Crippen LogP contribution in [0.1, 0.15) is 54.3 Å². The first-order valence-corrected chi connectivity index (χ1v) is 14.6. The number of benzene rings is 2. The van der Waals surface area contributed by atoms with Gasteiger partial charge < -0.3 is 23.7 Å². The van der Waals surface area contributed by atoms with Gasteiger partial charge in [0.05, 0.1) is 30.3 Å². The zero-order valence-electron chi connectivity index (χ0n) is 21.3. The van der Waals surface area contributed by atoms with Crippen molar-refractivity contribution in [3.05, 3.63) is 70.5 Å². The van der Waals surface area contributed by atoms with Gasteiger partial charge in [0.25, 0.3) is 5.91 Å². The summed E-state index contributed by atoms with van der Waals surface area (Å²) in [5.41, 5.74) is 1.66. The molecule has 3 aromatic rings. The van der Waals surface area contributed by atoms with Crippen LogP contribution in [0.15, 0.2) is 53.8 Å². The first-order valence-electron chi connectivity index (χ1n) is 12.5. The van der Waals surface area contributed by atoms with E-state index in [0.717, 1.165) is 12.8 Å². The molecular weight excluding hydrogens is 530 g/mol. The van der Waals surface area contributed by atoms with Gasteiger partial charge >= 0.3 is 0 Å². The number of nitrogens with zero attached hydrogens (tertiary/aromatic N) is 3. The normalized spacial score (nSPS) is 16.8. The van der Waals surface area contributed by atoms with E-state index in [-0.39, 0.29) is 42.3 Å². The number of sulfone groups is 1. The van der Waals surface area contributed by atoms with Gasteiger partial charge in [-0.2, -0.15) is 0 Å². The molecular formula is C27H30ClN3O6S. The number of halogens is 1. The number of fused-ring (bicyclic) bond motifs is 1. The topological polar surface area (TPSA) is 100.0 Å². The van der Waals surface area contributed by atoms with Crippen LogP contribution in [-0.2, 0) is 26.9 Å². The van der Waals surface area contributed by atoms with Gasteiger partial charge in [-0.15, -0.1) is 0 Å². The molecule has 38 heavy (non-hydrogen) atoms. The molecule has 1 fully saturated rings. The Balaban J connectivity index is 1.45. The average molecular weight is 560 g/mol. The minimum atomic E-state index is -3.79. The third-order valence-corrected chi connectivity index (χ3v) is 8.39. The Morgan fingerprint density at radius 2 is 2.00 bits per heavy atom. The second-order valence-corrected chi connectivity index (χ2v) is 12.1. The Kier molecular flexibility index (Phi) is 7.65. The highest BCUT2D eigenvalue weighted by molar-refractivity contribution is 7.90. The lowest BCUT2D eigenvalue weighted by atomic mass is 10.1. The maximum atomic E-state index is 13.7. The van der Waals surface area contributed by atoms with Crippen molar-refractivity contribution in [3.63, 3.8) is 0 Å². The van der Waals surface area contributed by atoms with Gasteiger partial charge in [0.15, 0.2) is 11.5 Å². The molecule has 0 spiro atoms. The van der Waals surface area contributed by atoms with Crippen LogP contribution in [0.2, 0.25) is 5.02 Å². The Morgan fingerprint density at radius 3 is 2.74 bits per heavy atom. The Morgan fingerprint density at radius 1 is 1.18 bits per heavy atom. The van der Waals surface area contributed by atoms with E-state index in [9.17, 15) is 13.2 Å². The minimum absolute atomic E-state index is 0.0323. The predicted molar refractivity (Wildman–Crippen MR) is 141 cm³/mol. The average Bonchev–Trinajstić information content (AvgIpc) is 3.63. The maximum absolute atomic E-state index is 13.7. The zero-order chi connectivity index (χ0) is 26.9. The van der Waals surface area contributed by atoms with Crippen LogP contribution < -0.4 is 9.47 Å². The number of hydrogen-bond acceptors (Lipinski definition) is 7. The highest BCUT2D eigenvalue weighted by Crippen LogP contribution is 2.33. The third-order valence-electron chi connectivity index (χ3n) is 6.59. The van der Waals surface area contributed by atoms with E-state index in [2.05, 4.69) is 4.98 Å². The lowest BCUT2D eigenvalue weighted by Crippen LogP contribution is -2.37. The quantitative estimate of drug-likeness (QED) is 0.376. The smallest absolute Gasteiger partial charge is 0.254 e. The fraction of sp³-hybridized carbons (Fsp3) is 0.407. The molecule has 9 nitrogen and oxygen atoms in total. The summed E-state index contributed by atoms with van der Waals surface area (Å²) in [6.07, 6.45) is 3.25. The van der Waals surface area contributed by atoms with Gasteiger partial charge in [-0.25, -0.2) is 13.4 Å². The number of amides is 1. The highest BCUT2D eigenvalue weighted by Gasteiger charge is 2.29. The van der Waals surface area contributed by atoms with Crippen molar-refractivity contribution < 1.29 is 27.4 Å². The first-order chi connectivity index (χ1) is 18.2. The van der Waals surface area contributed by atoms with Crippen molar-refractivity contribution in [2.24, 2.45) is 0 Å². The number of aromatic nitrogens is 2. The monoisotopic (exact) mass is 559 g/mol. The van der Waals surface area contributed by atoms with Crippen molar-refractivity contribution >= 4 is 27.3 Å². The number of rotatable bonds is 9. The molecule has 2 aliphatic rings. The van der Waals surface area contributed by atoms with Crippen LogP contribution in [-0.4, -0.2) is 54.8 Å². The van der Waals surface area contributed by atoms with E-state index in [1.807, 2.05) is 13.8 Å². The van der Waals surface area contributed by atoms with Crippen LogP contribution in [0.3, 0.4) is 0 Å². The lowest BCUT2D eigenvalue weighted by Gasteiger charge is -2.27. The van der Waals surface area contributed by atoms with Crippen LogP contribution in [0.5, 0.6) is 11.5 Å². The van der Waals surface area contributed by atoms with Crippen LogP contribution >= 0.6 is 11.6 Å². The van der Waals surface area contributed by atoms with Gasteiger partial charge in [-0.3, -0.25) is 4.79 Å². The summed E-state index contributed by atoms with van der Waals surface area (Å²) in [6.45, 7) is 5.12. The molecule has 0 saturated carbocycles. The predicted octanol–water partition coefficient (Wildman–Crippen LogP) is 4.64. The summed E-state index contributed by atoms with van der Waals surface area (Å²) in [7, 11) is -3.79. The molecule has 0 unspecified atom stereocenters. The summed E-state index contributed by atoms with van der Waals surface area (Å²) >= 11 is 6.07. The minimum Gasteiger partial charge on any atom is -0.454 e. The second-order valence-electron chi connectivity index (χ2n) is 9.77. The lowest BCUT2D eigenvalue weighted by molar-refractivity contribution is 0.0500. The van der Waals surface area contributed by atoms with Gasteiger partial charge in [0.1, 0.15) is 0 Å². The summed E-state index contributed by atoms with van der Waals surface area (Å²) in [5, 5.41) is 0.437. The fourth-order valence-corrected chi connectivity index (χ4v) is 6.65. The number of imidazole rings is 1. The van der Waals surface area contributed by atoms with Gasteiger partial charge in [-0.05, 0) is 62.6 Å². The SMILES string of the molecule is CC(C)n1c(CN(C[C@H]2CCCO2)C(=O)c2ccc3c(c2)OCO3)cnc1S(=O)(=O)Cc1cccc(Cl)c1. The number of hydrogen-bond donors (Lipinski definition) is 0. The Hall–Kier alpha value is -3.08. The van der Waals surface area contributed by atoms with E-state index >= 15 is 0 Å². The molecule has 0 radical (unpaired) electrons. The molecule has 5 rings (SSSR count). The van der Waals surface area contributed by atoms with Crippen molar-refractivity contribution in [2.75, 3.05) is 19.9 Å². The molecule has 3 heterocycles. The molecule has 2 aromatic carbocycles. The van der Waals surface area contributed by atoms with Crippen molar-refractivity contribution in [2.45, 2.75) is 56.3 Å². The van der Waals surface area contributed by atoms with Crippen LogP contribution in [0.4, 0.5) is 0 Å². The summed E-state index contributed by atoms with van der Waals surface area (Å²) in [5.74, 6) is 0.680. The van der Waals surface area contributed by atoms with Crippen molar-refractivity contribution in [1.82, 2.24) is 14.5 Å². The zero-order valence-corrected chi connectivity index (χ0v) is 22.9. The fourth-order valence-electron chi connectivity index (χ4n) is 4.85. The summed E-state index contributed by atoms with van der Waals surface area (Å²) < 4.78 is 45.2. The molecule has 202 valence electrons. The van der Waals surface area contributed by atoms with E-state index in [1.165, 1.54) is 0 Å². The molecule has 11 heteroatoms. The Labute approximate surface area is 227 Å². The summed E-state index contributed by atoms with van der Waals surface area (Å²) in [4.78, 5) is 19.7. The number of carbonyl (C=O) groups is 1. The van der Waals surface area contributed by atoms with Crippen molar-refractivity contribution in [3.8, 4) is 11.5 Å². The molecule has 1 saturated heterocycles. The van der Waals surface area contributed by atoms with E-state index < -0.39 is 9.84 Å². The van der Waals surface area contributed by atoms with Gasteiger partial charge in [0, 0.05) is 29.8 Å². The largest absolute Gasteiger partial charge is 0.454 e. The standard InChI is InChI=1S/C27H30ClN3O6S/c1-18(2)31-22(13-29-27(31)38(33,34)16-19-5-3-6-21(28)11-19)14-30(15-23-7-4-10-35-23)26(32)20-8-9-24-25(12-20)37-17-36-24/h3,5-6,8-9,11-13,18,23H,4,7,10,14-17H2,1-2H3/t23-/m1/s1. The number of ether oxygens (including phenoxy) is 3. The summed E-state index contributed by atoms with van der Waals surface area (Å²) in [6, 6.07) is 11.7. The second kappa shape index (κ2) is 11.0. The van der Waals surface area contributed by atoms with Gasteiger partial charge in [-0.1, -0.05) is 23.7 Å². The van der Waals surface area contributed by atoms with Crippen molar-refractivity contribution in [1.29, 1.82) is 0 Å². The third kappa shape index (κ3) is 5.67. The molecule has 0 aliphatic carbocycles. The van der Waals surface area contributed by atoms with Crippen LogP contribution in [0, 0.1) is 0 Å². The van der Waals surface area contributed by atoms with E-state index in [0.29, 0.717) is 46.5 Å². The molecule has 1 aromatic heterocycles. The molecule has 2 aliphatic heterocycles.